The predicted molar refractivity (Wildman–Crippen MR) is 92.2 cm³/mol. The van der Waals surface area contributed by atoms with Crippen molar-refractivity contribution in [3.63, 3.8) is 0 Å². The molecule has 1 unspecified atom stereocenters. The fourth-order valence-electron chi connectivity index (χ4n) is 3.62. The second kappa shape index (κ2) is 7.64. The molecule has 0 spiro atoms. The highest BCUT2D eigenvalue weighted by Gasteiger charge is 2.26. The van der Waals surface area contributed by atoms with Crippen LogP contribution in [0.1, 0.15) is 47.7 Å². The summed E-state index contributed by atoms with van der Waals surface area (Å²) >= 11 is 0. The number of aryl methyl sites for hydroxylation is 1. The smallest absolute Gasteiger partial charge is 0.229 e. The standard InChI is InChI=1S/C19H25N3O3/c1-14-4-2-3-5-16(14)17-12-22(8-11-24-17)13-18-20-19(25-21-18)15-6-9-23-10-7-15/h2-5,15,17H,6-13H2,1H3. The van der Waals surface area contributed by atoms with Crippen LogP contribution in [0.5, 0.6) is 0 Å². The van der Waals surface area contributed by atoms with Gasteiger partial charge in [0.2, 0.25) is 5.89 Å². The fourth-order valence-corrected chi connectivity index (χ4v) is 3.62. The van der Waals surface area contributed by atoms with Crippen LogP contribution in [-0.2, 0) is 16.0 Å². The lowest BCUT2D eigenvalue weighted by atomic mass is 10.0. The Bertz CT molecular complexity index is 697. The molecule has 134 valence electrons. The molecule has 2 fully saturated rings. The van der Waals surface area contributed by atoms with Gasteiger partial charge in [-0.15, -0.1) is 0 Å². The Kier molecular flexibility index (Phi) is 5.10. The molecule has 25 heavy (non-hydrogen) atoms. The quantitative estimate of drug-likeness (QED) is 0.851. The van der Waals surface area contributed by atoms with Crippen molar-refractivity contribution < 1.29 is 14.0 Å². The monoisotopic (exact) mass is 343 g/mol. The topological polar surface area (TPSA) is 60.6 Å². The van der Waals surface area contributed by atoms with Crippen LogP contribution in [0.3, 0.4) is 0 Å². The average Bonchev–Trinajstić information content (AvgIpc) is 3.12. The zero-order valence-corrected chi connectivity index (χ0v) is 14.7. The van der Waals surface area contributed by atoms with E-state index in [-0.39, 0.29) is 6.10 Å². The number of rotatable bonds is 4. The molecule has 0 radical (unpaired) electrons. The highest BCUT2D eigenvalue weighted by molar-refractivity contribution is 5.28. The Labute approximate surface area is 148 Å². The largest absolute Gasteiger partial charge is 0.381 e. The Balaban J connectivity index is 1.39. The van der Waals surface area contributed by atoms with Crippen LogP contribution in [0.2, 0.25) is 0 Å². The summed E-state index contributed by atoms with van der Waals surface area (Å²) in [5.74, 6) is 1.88. The zero-order chi connectivity index (χ0) is 17.1. The van der Waals surface area contributed by atoms with Crippen LogP contribution in [0, 0.1) is 6.92 Å². The first kappa shape index (κ1) is 16.7. The molecule has 3 heterocycles. The highest BCUT2D eigenvalue weighted by Crippen LogP contribution is 2.27. The molecule has 0 N–H and O–H groups in total. The number of benzene rings is 1. The van der Waals surface area contributed by atoms with Gasteiger partial charge in [-0.05, 0) is 30.9 Å². The molecule has 1 aromatic heterocycles. The van der Waals surface area contributed by atoms with E-state index in [1.165, 1.54) is 11.1 Å². The van der Waals surface area contributed by atoms with E-state index in [0.29, 0.717) is 12.5 Å². The van der Waals surface area contributed by atoms with Gasteiger partial charge in [0.15, 0.2) is 5.82 Å². The summed E-state index contributed by atoms with van der Waals surface area (Å²) in [4.78, 5) is 6.97. The summed E-state index contributed by atoms with van der Waals surface area (Å²) in [5, 5.41) is 4.19. The Hall–Kier alpha value is -1.76. The summed E-state index contributed by atoms with van der Waals surface area (Å²) in [6.45, 7) is 6.88. The molecular formula is C19H25N3O3. The van der Waals surface area contributed by atoms with Crippen LogP contribution < -0.4 is 0 Å². The van der Waals surface area contributed by atoms with Gasteiger partial charge in [0.25, 0.3) is 0 Å². The third kappa shape index (κ3) is 3.92. The Morgan fingerprint density at radius 3 is 2.84 bits per heavy atom. The first-order chi connectivity index (χ1) is 12.3. The first-order valence-corrected chi connectivity index (χ1v) is 9.09. The predicted octanol–water partition coefficient (Wildman–Crippen LogP) is 2.85. The van der Waals surface area contributed by atoms with Gasteiger partial charge in [-0.3, -0.25) is 4.90 Å². The van der Waals surface area contributed by atoms with Crippen molar-refractivity contribution in [2.45, 2.75) is 38.3 Å². The number of hydrogen-bond acceptors (Lipinski definition) is 6. The fraction of sp³-hybridized carbons (Fsp3) is 0.579. The van der Waals surface area contributed by atoms with E-state index in [2.05, 4.69) is 46.2 Å². The molecule has 2 aliphatic rings. The maximum absolute atomic E-state index is 5.99. The number of aromatic nitrogens is 2. The lowest BCUT2D eigenvalue weighted by molar-refractivity contribution is -0.0341. The molecular weight excluding hydrogens is 318 g/mol. The van der Waals surface area contributed by atoms with Gasteiger partial charge in [0, 0.05) is 32.2 Å². The lowest BCUT2D eigenvalue weighted by Gasteiger charge is -2.33. The summed E-state index contributed by atoms with van der Waals surface area (Å²) in [6.07, 6.45) is 2.04. The summed E-state index contributed by atoms with van der Waals surface area (Å²) in [5.41, 5.74) is 2.54. The van der Waals surface area contributed by atoms with E-state index in [1.54, 1.807) is 0 Å². The number of morpholine rings is 1. The molecule has 2 aromatic rings. The SMILES string of the molecule is Cc1ccccc1C1CN(Cc2noc(C3CCOCC3)n2)CCO1. The molecule has 0 bridgehead atoms. The molecule has 0 aliphatic carbocycles. The van der Waals surface area contributed by atoms with Crippen molar-refractivity contribution in [1.82, 2.24) is 15.0 Å². The third-order valence-corrected chi connectivity index (χ3v) is 5.11. The number of ether oxygens (including phenoxy) is 2. The molecule has 4 rings (SSSR count). The van der Waals surface area contributed by atoms with Gasteiger partial charge < -0.3 is 14.0 Å². The number of hydrogen-bond donors (Lipinski definition) is 0. The molecule has 1 atom stereocenters. The second-order valence-electron chi connectivity index (χ2n) is 6.89. The Morgan fingerprint density at radius 2 is 2.00 bits per heavy atom. The molecule has 0 saturated carbocycles. The maximum Gasteiger partial charge on any atom is 0.229 e. The molecule has 6 heteroatoms. The van der Waals surface area contributed by atoms with Crippen molar-refractivity contribution in [3.8, 4) is 0 Å². The van der Waals surface area contributed by atoms with Crippen molar-refractivity contribution in [3.05, 3.63) is 47.1 Å². The van der Waals surface area contributed by atoms with Crippen molar-refractivity contribution in [2.75, 3.05) is 32.9 Å². The Morgan fingerprint density at radius 1 is 1.16 bits per heavy atom. The van der Waals surface area contributed by atoms with Crippen molar-refractivity contribution in [2.24, 2.45) is 0 Å². The average molecular weight is 343 g/mol. The minimum absolute atomic E-state index is 0.108. The van der Waals surface area contributed by atoms with Crippen LogP contribution in [0.15, 0.2) is 28.8 Å². The molecule has 2 saturated heterocycles. The minimum atomic E-state index is 0.108. The summed E-state index contributed by atoms with van der Waals surface area (Å²) in [6, 6.07) is 8.43. The first-order valence-electron chi connectivity index (χ1n) is 9.09. The van der Waals surface area contributed by atoms with Gasteiger partial charge >= 0.3 is 0 Å². The zero-order valence-electron chi connectivity index (χ0n) is 14.7. The van der Waals surface area contributed by atoms with E-state index in [1.807, 2.05) is 0 Å². The molecule has 1 aromatic carbocycles. The van der Waals surface area contributed by atoms with Gasteiger partial charge in [0.1, 0.15) is 0 Å². The maximum atomic E-state index is 5.99. The van der Waals surface area contributed by atoms with E-state index >= 15 is 0 Å². The van der Waals surface area contributed by atoms with Crippen LogP contribution in [-0.4, -0.2) is 48.0 Å². The van der Waals surface area contributed by atoms with Crippen molar-refractivity contribution in [1.29, 1.82) is 0 Å². The summed E-state index contributed by atoms with van der Waals surface area (Å²) in [7, 11) is 0. The lowest BCUT2D eigenvalue weighted by Crippen LogP contribution is -2.38. The van der Waals surface area contributed by atoms with Gasteiger partial charge in [0.05, 0.1) is 19.3 Å². The second-order valence-corrected chi connectivity index (χ2v) is 6.89. The normalized spacial score (nSPS) is 23.0. The van der Waals surface area contributed by atoms with Gasteiger partial charge in [-0.2, -0.15) is 4.98 Å². The van der Waals surface area contributed by atoms with E-state index < -0.39 is 0 Å². The summed E-state index contributed by atoms with van der Waals surface area (Å²) < 4.78 is 16.9. The number of nitrogens with zero attached hydrogens (tertiary/aromatic N) is 3. The minimum Gasteiger partial charge on any atom is -0.381 e. The van der Waals surface area contributed by atoms with Gasteiger partial charge in [-0.1, -0.05) is 29.4 Å². The van der Waals surface area contributed by atoms with Crippen LogP contribution in [0.4, 0.5) is 0 Å². The highest BCUT2D eigenvalue weighted by atomic mass is 16.5. The molecule has 2 aliphatic heterocycles. The van der Waals surface area contributed by atoms with Crippen LogP contribution >= 0.6 is 0 Å². The van der Waals surface area contributed by atoms with E-state index in [4.69, 9.17) is 14.0 Å². The van der Waals surface area contributed by atoms with E-state index in [9.17, 15) is 0 Å². The van der Waals surface area contributed by atoms with Crippen molar-refractivity contribution >= 4 is 0 Å². The molecule has 0 amide bonds. The third-order valence-electron chi connectivity index (χ3n) is 5.11. The van der Waals surface area contributed by atoms with Gasteiger partial charge in [-0.25, -0.2) is 0 Å². The van der Waals surface area contributed by atoms with E-state index in [0.717, 1.165) is 57.5 Å². The molecule has 6 nitrogen and oxygen atoms in total. The van der Waals surface area contributed by atoms with Crippen LogP contribution in [0.25, 0.3) is 0 Å².